The third-order valence-corrected chi connectivity index (χ3v) is 5.87. The van der Waals surface area contributed by atoms with E-state index in [4.69, 9.17) is 14.2 Å². The molecule has 3 aromatic rings. The highest BCUT2D eigenvalue weighted by molar-refractivity contribution is 6.18. The second-order valence-electron chi connectivity index (χ2n) is 10.0. The van der Waals surface area contributed by atoms with Gasteiger partial charge in [0.25, 0.3) is 0 Å². The summed E-state index contributed by atoms with van der Waals surface area (Å²) < 4.78 is 33.2. The molecule has 1 aromatic carbocycles. The highest BCUT2D eigenvalue weighted by atomic mass is 19.1. The second-order valence-corrected chi connectivity index (χ2v) is 10.0. The van der Waals surface area contributed by atoms with E-state index in [2.05, 4.69) is 15.4 Å². The van der Waals surface area contributed by atoms with Gasteiger partial charge in [0.05, 0.1) is 18.5 Å². The third-order valence-electron chi connectivity index (χ3n) is 5.87. The van der Waals surface area contributed by atoms with Crippen LogP contribution in [0.2, 0.25) is 0 Å². The van der Waals surface area contributed by atoms with E-state index in [0.717, 1.165) is 12.8 Å². The fourth-order valence-corrected chi connectivity index (χ4v) is 4.21. The number of pyridine rings is 1. The number of amides is 1. The van der Waals surface area contributed by atoms with Gasteiger partial charge in [-0.25, -0.2) is 18.9 Å². The molecule has 0 bridgehead atoms. The van der Waals surface area contributed by atoms with Crippen LogP contribution in [-0.4, -0.2) is 51.7 Å². The highest BCUT2D eigenvalue weighted by Gasteiger charge is 2.27. The van der Waals surface area contributed by atoms with Gasteiger partial charge in [-0.2, -0.15) is 5.10 Å². The van der Waals surface area contributed by atoms with E-state index in [-0.39, 0.29) is 46.8 Å². The first kappa shape index (κ1) is 27.2. The lowest BCUT2D eigenvalue weighted by molar-refractivity contribution is -0.108. The van der Waals surface area contributed by atoms with Crippen LogP contribution in [-0.2, 0) is 14.3 Å². The summed E-state index contributed by atoms with van der Waals surface area (Å²) in [6.07, 6.45) is 3.61. The summed E-state index contributed by atoms with van der Waals surface area (Å²) in [4.78, 5) is 41.6. The Morgan fingerprint density at radius 1 is 1.29 bits per heavy atom. The Hall–Kier alpha value is -3.86. The quantitative estimate of drug-likeness (QED) is 0.244. The minimum atomic E-state index is -0.770. The third kappa shape index (κ3) is 5.99. The topological polar surface area (TPSA) is 122 Å². The molecule has 10 nitrogen and oxygen atoms in total. The predicted octanol–water partition coefficient (Wildman–Crippen LogP) is 5.12. The zero-order chi connectivity index (χ0) is 27.4. The molecule has 0 saturated carbocycles. The van der Waals surface area contributed by atoms with Crippen LogP contribution in [0.4, 0.5) is 14.9 Å². The monoisotopic (exact) mass is 526 g/mol. The Kier molecular flexibility index (Phi) is 8.05. The number of ketones is 1. The van der Waals surface area contributed by atoms with Crippen molar-refractivity contribution in [2.24, 2.45) is 0 Å². The van der Waals surface area contributed by atoms with Gasteiger partial charge in [0.1, 0.15) is 28.9 Å². The molecule has 0 radical (unpaired) electrons. The lowest BCUT2D eigenvalue weighted by atomic mass is 10.0. The smallest absolute Gasteiger partial charge is 0.412 e. The fraction of sp³-hybridized carbons (Fsp3) is 0.444. The molecule has 1 aliphatic heterocycles. The molecule has 1 unspecified atom stereocenters. The number of carbonyl (C=O) groups is 3. The molecular weight excluding hydrogens is 495 g/mol. The van der Waals surface area contributed by atoms with Crippen LogP contribution in [0.15, 0.2) is 24.4 Å². The first-order chi connectivity index (χ1) is 18.1. The number of carbonyl (C=O) groups excluding carboxylic acids is 3. The van der Waals surface area contributed by atoms with Crippen molar-refractivity contribution < 1.29 is 33.0 Å². The largest absolute Gasteiger partial charge is 0.477 e. The minimum Gasteiger partial charge on any atom is -0.477 e. The normalized spacial score (nSPS) is 15.8. The number of ether oxygens (including phenoxy) is 3. The molecule has 202 valence electrons. The molecule has 1 aliphatic rings. The average Bonchev–Trinajstić information content (AvgIpc) is 3.31. The van der Waals surface area contributed by atoms with Crippen molar-refractivity contribution in [3.05, 3.63) is 47.0 Å². The summed E-state index contributed by atoms with van der Waals surface area (Å²) in [5, 5.41) is 7.23. The number of nitrogens with one attached hydrogen (secondary N) is 1. The van der Waals surface area contributed by atoms with Crippen LogP contribution in [0.1, 0.15) is 74.3 Å². The molecule has 1 fully saturated rings. The summed E-state index contributed by atoms with van der Waals surface area (Å²) in [7, 11) is 0. The van der Waals surface area contributed by atoms with Crippen molar-refractivity contribution in [3.8, 4) is 5.88 Å². The predicted molar refractivity (Wildman–Crippen MR) is 137 cm³/mol. The van der Waals surface area contributed by atoms with Crippen molar-refractivity contribution in [2.75, 3.05) is 18.5 Å². The van der Waals surface area contributed by atoms with E-state index in [1.54, 1.807) is 33.8 Å². The van der Waals surface area contributed by atoms with E-state index >= 15 is 4.39 Å². The molecule has 11 heteroatoms. The number of fused-ring (bicyclic) bond motifs is 1. The number of rotatable bonds is 8. The van der Waals surface area contributed by atoms with Gasteiger partial charge in [0.15, 0.2) is 6.23 Å². The van der Waals surface area contributed by atoms with Crippen LogP contribution in [0.25, 0.3) is 10.9 Å². The number of benzene rings is 1. The van der Waals surface area contributed by atoms with E-state index in [9.17, 15) is 14.4 Å². The van der Waals surface area contributed by atoms with Gasteiger partial charge in [-0.3, -0.25) is 10.1 Å². The number of hydrogen-bond donors (Lipinski definition) is 1. The van der Waals surface area contributed by atoms with Crippen molar-refractivity contribution >= 4 is 34.8 Å². The summed E-state index contributed by atoms with van der Waals surface area (Å²) >= 11 is 0. The van der Waals surface area contributed by atoms with Gasteiger partial charge in [-0.05, 0) is 65.2 Å². The van der Waals surface area contributed by atoms with Gasteiger partial charge >= 0.3 is 6.09 Å². The lowest BCUT2D eigenvalue weighted by Crippen LogP contribution is -2.28. The Labute approximate surface area is 219 Å². The molecule has 2 aromatic heterocycles. The van der Waals surface area contributed by atoms with Gasteiger partial charge in [-0.15, -0.1) is 0 Å². The van der Waals surface area contributed by atoms with Crippen molar-refractivity contribution in [1.29, 1.82) is 0 Å². The molecule has 1 amide bonds. The SMILES string of the molecule is Cc1cc(NC(=O)OC(C)(C)C)c(C(=O)c2ccc(F)c3c2cnn3C2CCCCO2)nc1OCCC=O. The molecule has 1 saturated heterocycles. The number of aromatic nitrogens is 3. The molecule has 4 rings (SSSR count). The zero-order valence-electron chi connectivity index (χ0n) is 21.9. The summed E-state index contributed by atoms with van der Waals surface area (Å²) in [5.41, 5.74) is 0.0324. The Morgan fingerprint density at radius 2 is 2.08 bits per heavy atom. The summed E-state index contributed by atoms with van der Waals surface area (Å²) in [6, 6.07) is 4.10. The second kappa shape index (κ2) is 11.3. The van der Waals surface area contributed by atoms with Crippen LogP contribution in [0.5, 0.6) is 5.88 Å². The highest BCUT2D eigenvalue weighted by Crippen LogP contribution is 2.32. The van der Waals surface area contributed by atoms with Crippen molar-refractivity contribution in [2.45, 2.75) is 65.2 Å². The molecular formula is C27H31FN4O6. The summed E-state index contributed by atoms with van der Waals surface area (Å²) in [5.74, 6) is -0.981. The molecule has 3 heterocycles. The standard InChI is InChI=1S/C27H31FN4O6/c1-16-14-20(30-26(35)38-27(2,3)4)22(31-25(16)37-13-7-11-33)24(34)17-9-10-19(28)23-18(17)15-29-32(23)21-8-5-6-12-36-21/h9-11,14-15,21H,5-8,12-13H2,1-4H3,(H,30,35). The van der Waals surface area contributed by atoms with Gasteiger partial charge in [-0.1, -0.05) is 0 Å². The van der Waals surface area contributed by atoms with Gasteiger partial charge in [0.2, 0.25) is 11.7 Å². The fourth-order valence-electron chi connectivity index (χ4n) is 4.21. The maximum Gasteiger partial charge on any atom is 0.412 e. The number of aldehydes is 1. The molecule has 38 heavy (non-hydrogen) atoms. The Bertz CT molecular complexity index is 1360. The number of aryl methyl sites for hydroxylation is 1. The Morgan fingerprint density at radius 3 is 2.76 bits per heavy atom. The average molecular weight is 527 g/mol. The number of hydrogen-bond acceptors (Lipinski definition) is 8. The first-order valence-corrected chi connectivity index (χ1v) is 12.5. The lowest BCUT2D eigenvalue weighted by Gasteiger charge is -2.23. The zero-order valence-corrected chi connectivity index (χ0v) is 21.9. The minimum absolute atomic E-state index is 0.0682. The van der Waals surface area contributed by atoms with E-state index in [1.807, 2.05) is 0 Å². The number of nitrogens with zero attached hydrogens (tertiary/aromatic N) is 3. The van der Waals surface area contributed by atoms with E-state index in [1.165, 1.54) is 23.0 Å². The first-order valence-electron chi connectivity index (χ1n) is 12.5. The molecule has 1 atom stereocenters. The van der Waals surface area contributed by atoms with E-state index < -0.39 is 29.5 Å². The van der Waals surface area contributed by atoms with Crippen molar-refractivity contribution in [3.63, 3.8) is 0 Å². The van der Waals surface area contributed by atoms with Crippen LogP contribution in [0, 0.1) is 12.7 Å². The number of halogens is 1. The molecule has 0 aliphatic carbocycles. The van der Waals surface area contributed by atoms with Gasteiger partial charge in [0, 0.05) is 29.5 Å². The molecule has 0 spiro atoms. The van der Waals surface area contributed by atoms with Crippen LogP contribution < -0.4 is 10.1 Å². The van der Waals surface area contributed by atoms with E-state index in [0.29, 0.717) is 24.9 Å². The maximum atomic E-state index is 15.0. The summed E-state index contributed by atoms with van der Waals surface area (Å²) in [6.45, 7) is 7.46. The van der Waals surface area contributed by atoms with Gasteiger partial charge < -0.3 is 19.0 Å². The van der Waals surface area contributed by atoms with Crippen LogP contribution in [0.3, 0.4) is 0 Å². The van der Waals surface area contributed by atoms with Crippen molar-refractivity contribution in [1.82, 2.24) is 14.8 Å². The maximum absolute atomic E-state index is 15.0. The Balaban J connectivity index is 1.78. The molecule has 1 N–H and O–H groups in total. The van der Waals surface area contributed by atoms with Crippen LogP contribution >= 0.6 is 0 Å². The number of anilines is 1.